The van der Waals surface area contributed by atoms with Gasteiger partial charge in [0.15, 0.2) is 0 Å². The van der Waals surface area contributed by atoms with Crippen molar-refractivity contribution in [1.29, 1.82) is 0 Å². The first-order valence-electron chi connectivity index (χ1n) is 6.71. The van der Waals surface area contributed by atoms with E-state index in [2.05, 4.69) is 10.2 Å². The SMILES string of the molecule is CCCc1cc(N=Nc2ccc(S(=O)(=O)O)cc2)ccc1O. The van der Waals surface area contributed by atoms with Gasteiger partial charge in [-0.1, -0.05) is 13.3 Å². The van der Waals surface area contributed by atoms with Crippen LogP contribution < -0.4 is 0 Å². The van der Waals surface area contributed by atoms with Gasteiger partial charge >= 0.3 is 0 Å². The fraction of sp³-hybridized carbons (Fsp3) is 0.200. The molecule has 0 bridgehead atoms. The number of nitrogens with zero attached hydrogens (tertiary/aromatic N) is 2. The Labute approximate surface area is 128 Å². The Balaban J connectivity index is 2.20. The number of hydrogen-bond acceptors (Lipinski definition) is 5. The normalized spacial score (nSPS) is 11.9. The van der Waals surface area contributed by atoms with Crippen LogP contribution in [0.15, 0.2) is 57.6 Å². The summed E-state index contributed by atoms with van der Waals surface area (Å²) < 4.78 is 30.8. The molecule has 0 radical (unpaired) electrons. The van der Waals surface area contributed by atoms with Gasteiger partial charge in [-0.25, -0.2) is 0 Å². The number of aromatic hydroxyl groups is 1. The van der Waals surface area contributed by atoms with Gasteiger partial charge in [-0.05, 0) is 54.4 Å². The molecule has 0 saturated carbocycles. The van der Waals surface area contributed by atoms with E-state index in [1.807, 2.05) is 6.92 Å². The van der Waals surface area contributed by atoms with Crippen LogP contribution in [0.1, 0.15) is 18.9 Å². The Bertz CT molecular complexity index is 784. The molecule has 0 atom stereocenters. The highest BCUT2D eigenvalue weighted by Gasteiger charge is 2.08. The average molecular weight is 320 g/mol. The first kappa shape index (κ1) is 16.1. The standard InChI is InChI=1S/C15H16N2O4S/c1-2-3-11-10-13(6-9-15(11)18)17-16-12-4-7-14(8-5-12)22(19,20)21/h4-10,18H,2-3H2,1H3,(H,19,20,21). The lowest BCUT2D eigenvalue weighted by atomic mass is 10.1. The molecule has 2 N–H and O–H groups in total. The summed E-state index contributed by atoms with van der Waals surface area (Å²) in [7, 11) is -4.20. The van der Waals surface area contributed by atoms with Gasteiger partial charge in [-0.3, -0.25) is 4.55 Å². The van der Waals surface area contributed by atoms with Crippen molar-refractivity contribution < 1.29 is 18.1 Å². The van der Waals surface area contributed by atoms with Crippen LogP contribution in [0, 0.1) is 0 Å². The molecule has 116 valence electrons. The summed E-state index contributed by atoms with van der Waals surface area (Å²) >= 11 is 0. The molecule has 7 heteroatoms. The zero-order chi connectivity index (χ0) is 16.2. The van der Waals surface area contributed by atoms with Crippen molar-refractivity contribution in [2.45, 2.75) is 24.7 Å². The molecular formula is C15H16N2O4S. The summed E-state index contributed by atoms with van der Waals surface area (Å²) in [6.45, 7) is 2.02. The Kier molecular flexibility index (Phi) is 4.89. The van der Waals surface area contributed by atoms with Crippen molar-refractivity contribution in [1.82, 2.24) is 0 Å². The zero-order valence-corrected chi connectivity index (χ0v) is 12.8. The number of azo groups is 1. The minimum atomic E-state index is -4.20. The molecule has 6 nitrogen and oxygen atoms in total. The van der Waals surface area contributed by atoms with Crippen molar-refractivity contribution in [2.24, 2.45) is 10.2 Å². The van der Waals surface area contributed by atoms with E-state index in [1.54, 1.807) is 18.2 Å². The minimum absolute atomic E-state index is 0.193. The molecule has 0 fully saturated rings. The summed E-state index contributed by atoms with van der Waals surface area (Å²) in [5.74, 6) is 0.235. The Morgan fingerprint density at radius 1 is 1.00 bits per heavy atom. The molecule has 0 unspecified atom stereocenters. The van der Waals surface area contributed by atoms with Gasteiger partial charge in [0.25, 0.3) is 10.1 Å². The van der Waals surface area contributed by atoms with Gasteiger partial charge in [0.1, 0.15) is 5.75 Å². The third-order valence-corrected chi connectivity index (χ3v) is 3.87. The maximum Gasteiger partial charge on any atom is 0.294 e. The number of phenols is 1. The predicted octanol–water partition coefficient (Wildman–Crippen LogP) is 4.01. The molecule has 0 amide bonds. The molecule has 0 heterocycles. The summed E-state index contributed by atoms with van der Waals surface area (Å²) in [4.78, 5) is -0.193. The van der Waals surface area contributed by atoms with Gasteiger partial charge in [-0.15, -0.1) is 0 Å². The summed E-state index contributed by atoms with van der Waals surface area (Å²) in [6, 6.07) is 10.4. The van der Waals surface area contributed by atoms with E-state index in [4.69, 9.17) is 4.55 Å². The fourth-order valence-corrected chi connectivity index (χ4v) is 2.38. The zero-order valence-electron chi connectivity index (χ0n) is 12.0. The van der Waals surface area contributed by atoms with Crippen LogP contribution >= 0.6 is 0 Å². The molecule has 0 aliphatic carbocycles. The van der Waals surface area contributed by atoms with Gasteiger partial charge in [0.2, 0.25) is 0 Å². The van der Waals surface area contributed by atoms with E-state index >= 15 is 0 Å². The van der Waals surface area contributed by atoms with E-state index in [0.717, 1.165) is 18.4 Å². The molecular weight excluding hydrogens is 304 g/mol. The minimum Gasteiger partial charge on any atom is -0.508 e. The number of hydrogen-bond donors (Lipinski definition) is 2. The lowest BCUT2D eigenvalue weighted by Gasteiger charge is -2.03. The maximum absolute atomic E-state index is 10.9. The van der Waals surface area contributed by atoms with Crippen molar-refractivity contribution in [2.75, 3.05) is 0 Å². The Morgan fingerprint density at radius 2 is 1.59 bits per heavy atom. The van der Waals surface area contributed by atoms with E-state index in [9.17, 15) is 13.5 Å². The van der Waals surface area contributed by atoms with E-state index < -0.39 is 10.1 Å². The summed E-state index contributed by atoms with van der Waals surface area (Å²) in [5, 5.41) is 17.8. The van der Waals surface area contributed by atoms with Crippen molar-refractivity contribution in [3.05, 3.63) is 48.0 Å². The molecule has 0 saturated heterocycles. The number of benzene rings is 2. The van der Waals surface area contributed by atoms with Crippen LogP contribution in [-0.4, -0.2) is 18.1 Å². The predicted molar refractivity (Wildman–Crippen MR) is 82.5 cm³/mol. The van der Waals surface area contributed by atoms with Crippen LogP contribution in [0.4, 0.5) is 11.4 Å². The highest BCUT2D eigenvalue weighted by molar-refractivity contribution is 7.85. The lowest BCUT2D eigenvalue weighted by Crippen LogP contribution is -1.96. The number of aryl methyl sites for hydroxylation is 1. The number of phenolic OH excluding ortho intramolecular Hbond substituents is 1. The second-order valence-corrected chi connectivity index (χ2v) is 6.15. The summed E-state index contributed by atoms with van der Waals surface area (Å²) in [5.41, 5.74) is 1.86. The van der Waals surface area contributed by atoms with Crippen LogP contribution in [0.3, 0.4) is 0 Å². The summed E-state index contributed by atoms with van der Waals surface area (Å²) in [6.07, 6.45) is 1.66. The van der Waals surface area contributed by atoms with Gasteiger partial charge in [0.05, 0.1) is 16.3 Å². The molecule has 0 spiro atoms. The van der Waals surface area contributed by atoms with Crippen molar-refractivity contribution >= 4 is 21.5 Å². The van der Waals surface area contributed by atoms with E-state index in [0.29, 0.717) is 11.4 Å². The van der Waals surface area contributed by atoms with Crippen LogP contribution in [0.25, 0.3) is 0 Å². The second kappa shape index (κ2) is 6.67. The third-order valence-electron chi connectivity index (χ3n) is 3.00. The smallest absolute Gasteiger partial charge is 0.294 e. The topological polar surface area (TPSA) is 99.3 Å². The highest BCUT2D eigenvalue weighted by atomic mass is 32.2. The Hall–Kier alpha value is -2.25. The molecule has 2 aromatic carbocycles. The molecule has 22 heavy (non-hydrogen) atoms. The van der Waals surface area contributed by atoms with Crippen molar-refractivity contribution in [3.8, 4) is 5.75 Å². The highest BCUT2D eigenvalue weighted by Crippen LogP contribution is 2.26. The molecule has 0 aromatic heterocycles. The monoisotopic (exact) mass is 320 g/mol. The second-order valence-electron chi connectivity index (χ2n) is 4.73. The largest absolute Gasteiger partial charge is 0.508 e. The molecule has 2 aromatic rings. The number of rotatable bonds is 5. The Morgan fingerprint density at radius 3 is 2.18 bits per heavy atom. The average Bonchev–Trinajstić information content (AvgIpc) is 2.48. The molecule has 0 aliphatic heterocycles. The first-order valence-corrected chi connectivity index (χ1v) is 8.15. The first-order chi connectivity index (χ1) is 10.4. The van der Waals surface area contributed by atoms with Gasteiger partial charge in [-0.2, -0.15) is 18.6 Å². The maximum atomic E-state index is 10.9. The fourth-order valence-electron chi connectivity index (χ4n) is 1.90. The van der Waals surface area contributed by atoms with Crippen LogP contribution in [-0.2, 0) is 16.5 Å². The molecule has 2 rings (SSSR count). The van der Waals surface area contributed by atoms with Gasteiger partial charge in [0, 0.05) is 0 Å². The lowest BCUT2D eigenvalue weighted by molar-refractivity contribution is 0.467. The third kappa shape index (κ3) is 4.12. The van der Waals surface area contributed by atoms with Crippen molar-refractivity contribution in [3.63, 3.8) is 0 Å². The van der Waals surface area contributed by atoms with E-state index in [-0.39, 0.29) is 10.6 Å². The van der Waals surface area contributed by atoms with Crippen LogP contribution in [0.5, 0.6) is 5.75 Å². The van der Waals surface area contributed by atoms with Gasteiger partial charge < -0.3 is 5.11 Å². The van der Waals surface area contributed by atoms with E-state index in [1.165, 1.54) is 24.3 Å². The quantitative estimate of drug-likeness (QED) is 0.642. The van der Waals surface area contributed by atoms with Crippen LogP contribution in [0.2, 0.25) is 0 Å². The molecule has 0 aliphatic rings.